The van der Waals surface area contributed by atoms with Gasteiger partial charge in [0, 0.05) is 15.6 Å². The van der Waals surface area contributed by atoms with Crippen molar-refractivity contribution in [1.82, 2.24) is 4.98 Å². The van der Waals surface area contributed by atoms with Gasteiger partial charge in [0.25, 0.3) is 0 Å². The summed E-state index contributed by atoms with van der Waals surface area (Å²) >= 11 is 3.54. The average Bonchev–Trinajstić information content (AvgIpc) is 2.19. The number of aryl methyl sites for hydroxylation is 2. The standard InChI is InChI=1S/C12H12BrN/c1-3-11-8(2)7-9-10(13)5-4-6-12(9)14-11/h4-7H,3H2,1-2H3. The maximum Gasteiger partial charge on any atom is 0.0716 e. The van der Waals surface area contributed by atoms with Crippen LogP contribution in [0.4, 0.5) is 0 Å². The first-order valence-electron chi connectivity index (χ1n) is 4.77. The molecule has 2 rings (SSSR count). The van der Waals surface area contributed by atoms with Crippen molar-refractivity contribution in [2.45, 2.75) is 20.3 Å². The van der Waals surface area contributed by atoms with Crippen molar-refractivity contribution in [3.8, 4) is 0 Å². The molecule has 0 amide bonds. The molecule has 0 atom stereocenters. The van der Waals surface area contributed by atoms with Crippen molar-refractivity contribution in [2.24, 2.45) is 0 Å². The van der Waals surface area contributed by atoms with Gasteiger partial charge in [-0.1, -0.05) is 28.9 Å². The summed E-state index contributed by atoms with van der Waals surface area (Å²) in [5.74, 6) is 0. The summed E-state index contributed by atoms with van der Waals surface area (Å²) in [4.78, 5) is 4.62. The van der Waals surface area contributed by atoms with Gasteiger partial charge in [-0.2, -0.15) is 0 Å². The van der Waals surface area contributed by atoms with Gasteiger partial charge in [0.1, 0.15) is 0 Å². The molecule has 2 aromatic rings. The van der Waals surface area contributed by atoms with Gasteiger partial charge < -0.3 is 0 Å². The van der Waals surface area contributed by atoms with E-state index in [1.165, 1.54) is 16.6 Å². The van der Waals surface area contributed by atoms with Crippen LogP contribution >= 0.6 is 15.9 Å². The van der Waals surface area contributed by atoms with E-state index in [4.69, 9.17) is 0 Å². The quantitative estimate of drug-likeness (QED) is 0.748. The highest BCUT2D eigenvalue weighted by molar-refractivity contribution is 9.10. The Labute approximate surface area is 92.3 Å². The molecule has 1 nitrogen and oxygen atoms in total. The number of nitrogens with zero attached hydrogens (tertiary/aromatic N) is 1. The molecule has 0 fully saturated rings. The Morgan fingerprint density at radius 1 is 1.36 bits per heavy atom. The Morgan fingerprint density at radius 3 is 2.86 bits per heavy atom. The molecule has 1 heterocycles. The summed E-state index contributed by atoms with van der Waals surface area (Å²) in [6.45, 7) is 4.25. The molecule has 1 aromatic carbocycles. The van der Waals surface area contributed by atoms with Gasteiger partial charge in [0.05, 0.1) is 5.52 Å². The van der Waals surface area contributed by atoms with Crippen LogP contribution in [0.5, 0.6) is 0 Å². The van der Waals surface area contributed by atoms with E-state index in [1.54, 1.807) is 0 Å². The zero-order valence-corrected chi connectivity index (χ0v) is 9.93. The van der Waals surface area contributed by atoms with Crippen molar-refractivity contribution >= 4 is 26.8 Å². The van der Waals surface area contributed by atoms with E-state index in [1.807, 2.05) is 6.07 Å². The number of aromatic nitrogens is 1. The second-order valence-corrected chi connectivity index (χ2v) is 4.27. The van der Waals surface area contributed by atoms with Crippen molar-refractivity contribution in [1.29, 1.82) is 0 Å². The molecular weight excluding hydrogens is 238 g/mol. The van der Waals surface area contributed by atoms with Crippen LogP contribution in [0, 0.1) is 6.92 Å². The zero-order valence-electron chi connectivity index (χ0n) is 8.34. The molecule has 2 heteroatoms. The molecule has 0 aliphatic rings. The van der Waals surface area contributed by atoms with Crippen LogP contribution in [0.3, 0.4) is 0 Å². The second-order valence-electron chi connectivity index (χ2n) is 3.41. The smallest absolute Gasteiger partial charge is 0.0716 e. The zero-order chi connectivity index (χ0) is 10.1. The number of rotatable bonds is 1. The minimum atomic E-state index is 0.994. The van der Waals surface area contributed by atoms with Crippen LogP contribution in [-0.2, 0) is 6.42 Å². The molecule has 0 saturated heterocycles. The Balaban J connectivity index is 2.79. The molecule has 0 spiro atoms. The lowest BCUT2D eigenvalue weighted by Crippen LogP contribution is -1.92. The van der Waals surface area contributed by atoms with Gasteiger partial charge in [-0.05, 0) is 37.1 Å². The third kappa shape index (κ3) is 1.55. The number of halogens is 1. The predicted molar refractivity (Wildman–Crippen MR) is 63.6 cm³/mol. The summed E-state index contributed by atoms with van der Waals surface area (Å²) in [7, 11) is 0. The van der Waals surface area contributed by atoms with Crippen LogP contribution in [0.25, 0.3) is 10.9 Å². The van der Waals surface area contributed by atoms with Gasteiger partial charge in [0.2, 0.25) is 0 Å². The normalized spacial score (nSPS) is 10.8. The Morgan fingerprint density at radius 2 is 2.14 bits per heavy atom. The fourth-order valence-electron chi connectivity index (χ4n) is 1.66. The van der Waals surface area contributed by atoms with Crippen molar-refractivity contribution in [3.63, 3.8) is 0 Å². The topological polar surface area (TPSA) is 12.9 Å². The first kappa shape index (κ1) is 9.66. The van der Waals surface area contributed by atoms with E-state index >= 15 is 0 Å². The number of fused-ring (bicyclic) bond motifs is 1. The maximum atomic E-state index is 4.62. The predicted octanol–water partition coefficient (Wildman–Crippen LogP) is 3.87. The lowest BCUT2D eigenvalue weighted by atomic mass is 10.1. The van der Waals surface area contributed by atoms with Crippen LogP contribution in [0.1, 0.15) is 18.2 Å². The molecule has 0 saturated carbocycles. The van der Waals surface area contributed by atoms with Gasteiger partial charge in [-0.25, -0.2) is 0 Å². The number of hydrogen-bond donors (Lipinski definition) is 0. The van der Waals surface area contributed by atoms with Crippen LogP contribution < -0.4 is 0 Å². The third-order valence-electron chi connectivity index (χ3n) is 2.44. The largest absolute Gasteiger partial charge is 0.253 e. The summed E-state index contributed by atoms with van der Waals surface area (Å²) in [6, 6.07) is 8.33. The lowest BCUT2D eigenvalue weighted by molar-refractivity contribution is 1.03. The SMILES string of the molecule is CCc1nc2cccc(Br)c2cc1C. The van der Waals surface area contributed by atoms with E-state index in [0.29, 0.717) is 0 Å². The van der Waals surface area contributed by atoms with E-state index in [-0.39, 0.29) is 0 Å². The first-order valence-corrected chi connectivity index (χ1v) is 5.56. The minimum absolute atomic E-state index is 0.994. The van der Waals surface area contributed by atoms with Crippen LogP contribution in [0.2, 0.25) is 0 Å². The molecule has 0 radical (unpaired) electrons. The molecule has 14 heavy (non-hydrogen) atoms. The summed E-state index contributed by atoms with van der Waals surface area (Å²) in [6.07, 6.45) is 0.994. The van der Waals surface area contributed by atoms with Gasteiger partial charge in [0.15, 0.2) is 0 Å². The third-order valence-corrected chi connectivity index (χ3v) is 3.13. The van der Waals surface area contributed by atoms with E-state index in [2.05, 4.69) is 53.0 Å². The number of pyridine rings is 1. The Bertz CT molecular complexity index is 477. The van der Waals surface area contributed by atoms with Crippen molar-refractivity contribution in [2.75, 3.05) is 0 Å². The minimum Gasteiger partial charge on any atom is -0.253 e. The highest BCUT2D eigenvalue weighted by Gasteiger charge is 2.03. The van der Waals surface area contributed by atoms with E-state index < -0.39 is 0 Å². The number of hydrogen-bond acceptors (Lipinski definition) is 1. The molecule has 0 N–H and O–H groups in total. The lowest BCUT2D eigenvalue weighted by Gasteiger charge is -2.06. The van der Waals surface area contributed by atoms with E-state index in [9.17, 15) is 0 Å². The Kier molecular flexibility index (Phi) is 2.55. The first-order chi connectivity index (χ1) is 6.72. The summed E-state index contributed by atoms with van der Waals surface area (Å²) in [5.41, 5.74) is 3.53. The molecule has 0 aliphatic carbocycles. The summed E-state index contributed by atoms with van der Waals surface area (Å²) in [5, 5.41) is 1.20. The van der Waals surface area contributed by atoms with Crippen molar-refractivity contribution in [3.05, 3.63) is 40.0 Å². The summed E-state index contributed by atoms with van der Waals surface area (Å²) < 4.78 is 1.12. The fourth-order valence-corrected chi connectivity index (χ4v) is 2.13. The monoisotopic (exact) mass is 249 g/mol. The molecule has 72 valence electrons. The molecule has 0 aliphatic heterocycles. The number of benzene rings is 1. The highest BCUT2D eigenvalue weighted by Crippen LogP contribution is 2.24. The van der Waals surface area contributed by atoms with E-state index in [0.717, 1.165) is 16.4 Å². The average molecular weight is 250 g/mol. The molecule has 0 unspecified atom stereocenters. The van der Waals surface area contributed by atoms with Crippen LogP contribution in [0.15, 0.2) is 28.7 Å². The molecule has 1 aromatic heterocycles. The van der Waals surface area contributed by atoms with Gasteiger partial charge in [-0.15, -0.1) is 0 Å². The fraction of sp³-hybridized carbons (Fsp3) is 0.250. The molecular formula is C12H12BrN. The maximum absolute atomic E-state index is 4.62. The van der Waals surface area contributed by atoms with Gasteiger partial charge in [-0.3, -0.25) is 4.98 Å². The van der Waals surface area contributed by atoms with Crippen LogP contribution in [-0.4, -0.2) is 4.98 Å². The van der Waals surface area contributed by atoms with Gasteiger partial charge >= 0.3 is 0 Å². The van der Waals surface area contributed by atoms with Crippen molar-refractivity contribution < 1.29 is 0 Å². The molecule has 0 bridgehead atoms. The highest BCUT2D eigenvalue weighted by atomic mass is 79.9. The second kappa shape index (κ2) is 3.70. The Hall–Kier alpha value is -0.890.